The van der Waals surface area contributed by atoms with Crippen LogP contribution >= 0.6 is 22.9 Å². The van der Waals surface area contributed by atoms with Gasteiger partial charge >= 0.3 is 0 Å². The molecule has 106 valence electrons. The van der Waals surface area contributed by atoms with Gasteiger partial charge < -0.3 is 0 Å². The van der Waals surface area contributed by atoms with Crippen molar-refractivity contribution in [2.75, 3.05) is 0 Å². The van der Waals surface area contributed by atoms with Gasteiger partial charge in [0.1, 0.15) is 0 Å². The Balaban J connectivity index is 1.76. The van der Waals surface area contributed by atoms with Gasteiger partial charge in [-0.3, -0.25) is 3.53 Å². The zero-order chi connectivity index (χ0) is 14.2. The summed E-state index contributed by atoms with van der Waals surface area (Å²) < 4.78 is 3.39. The van der Waals surface area contributed by atoms with Gasteiger partial charge in [-0.1, -0.05) is 66.6 Å². The van der Waals surface area contributed by atoms with Crippen LogP contribution in [0.15, 0.2) is 54.6 Å². The van der Waals surface area contributed by atoms with E-state index >= 15 is 0 Å². The summed E-state index contributed by atoms with van der Waals surface area (Å²) in [5.41, 5.74) is 4.18. The molecule has 0 amide bonds. The molecule has 0 aliphatic carbocycles. The van der Waals surface area contributed by atoms with Crippen molar-refractivity contribution < 1.29 is 0 Å². The average molecular weight is 379 g/mol. The Bertz CT molecular complexity index is 493. The molecule has 0 bridgehead atoms. The lowest BCUT2D eigenvalue weighted by molar-refractivity contribution is 0.570. The minimum Gasteiger partial charge on any atom is -0.254 e. The Kier molecular flexibility index (Phi) is 6.54. The van der Waals surface area contributed by atoms with Crippen LogP contribution in [0.2, 0.25) is 0 Å². The lowest BCUT2D eigenvalue weighted by Crippen LogP contribution is -2.10. The van der Waals surface area contributed by atoms with Crippen LogP contribution in [0, 0.1) is 6.92 Å². The number of rotatable bonds is 7. The average Bonchev–Trinajstić information content (AvgIpc) is 2.50. The second-order valence-corrected chi connectivity index (χ2v) is 5.93. The molecule has 0 aliphatic heterocycles. The van der Waals surface area contributed by atoms with Crippen LogP contribution in [-0.4, -0.2) is 0 Å². The normalized spacial score (nSPS) is 12.3. The largest absolute Gasteiger partial charge is 0.254 e. The topological polar surface area (TPSA) is 12.0 Å². The van der Waals surface area contributed by atoms with E-state index in [1.807, 2.05) is 0 Å². The van der Waals surface area contributed by atoms with Gasteiger partial charge in [-0.05, 0) is 37.3 Å². The van der Waals surface area contributed by atoms with Crippen molar-refractivity contribution >= 4 is 22.9 Å². The third-order valence-electron chi connectivity index (χ3n) is 3.66. The summed E-state index contributed by atoms with van der Waals surface area (Å²) in [6.07, 6.45) is 4.88. The van der Waals surface area contributed by atoms with E-state index in [1.54, 1.807) is 0 Å². The van der Waals surface area contributed by atoms with Gasteiger partial charge in [0.05, 0.1) is 0 Å². The van der Waals surface area contributed by atoms with Crippen molar-refractivity contribution in [3.05, 3.63) is 71.3 Å². The van der Waals surface area contributed by atoms with E-state index in [2.05, 4.69) is 87.9 Å². The highest BCUT2D eigenvalue weighted by atomic mass is 127. The minimum atomic E-state index is 0.467. The number of aryl methyl sites for hydroxylation is 2. The van der Waals surface area contributed by atoms with Crippen LogP contribution in [0.5, 0.6) is 0 Å². The fourth-order valence-electron chi connectivity index (χ4n) is 2.40. The molecule has 0 fully saturated rings. The second-order valence-electron chi connectivity index (χ2n) is 5.30. The number of benzene rings is 2. The molecule has 0 aliphatic rings. The van der Waals surface area contributed by atoms with E-state index in [9.17, 15) is 0 Å². The van der Waals surface area contributed by atoms with Crippen molar-refractivity contribution in [3.63, 3.8) is 0 Å². The quantitative estimate of drug-likeness (QED) is 0.387. The van der Waals surface area contributed by atoms with Gasteiger partial charge in [0.25, 0.3) is 0 Å². The maximum atomic E-state index is 3.39. The van der Waals surface area contributed by atoms with Crippen LogP contribution in [0.4, 0.5) is 0 Å². The summed E-state index contributed by atoms with van der Waals surface area (Å²) in [4.78, 5) is 0. The molecule has 1 atom stereocenters. The lowest BCUT2D eigenvalue weighted by Gasteiger charge is -2.15. The summed E-state index contributed by atoms with van der Waals surface area (Å²) in [5.74, 6) is 0. The molecule has 0 aromatic heterocycles. The minimum absolute atomic E-state index is 0.467. The molecule has 2 rings (SSSR count). The molecule has 1 N–H and O–H groups in total. The number of halogens is 1. The molecule has 0 spiro atoms. The van der Waals surface area contributed by atoms with Crippen molar-refractivity contribution in [2.24, 2.45) is 0 Å². The van der Waals surface area contributed by atoms with Crippen molar-refractivity contribution in [1.82, 2.24) is 3.53 Å². The Morgan fingerprint density at radius 2 is 1.65 bits per heavy atom. The maximum Gasteiger partial charge on any atom is 0.0413 e. The Morgan fingerprint density at radius 1 is 0.950 bits per heavy atom. The van der Waals surface area contributed by atoms with Gasteiger partial charge in [0, 0.05) is 28.9 Å². The van der Waals surface area contributed by atoms with Gasteiger partial charge in [-0.25, -0.2) is 0 Å². The molecule has 1 unspecified atom stereocenters. The monoisotopic (exact) mass is 379 g/mol. The van der Waals surface area contributed by atoms with E-state index in [0.717, 1.165) is 0 Å². The summed E-state index contributed by atoms with van der Waals surface area (Å²) in [6.45, 7) is 2.14. The first kappa shape index (κ1) is 15.5. The van der Waals surface area contributed by atoms with Crippen LogP contribution in [0.3, 0.4) is 0 Å². The van der Waals surface area contributed by atoms with Crippen molar-refractivity contribution in [2.45, 2.75) is 38.6 Å². The van der Waals surface area contributed by atoms with E-state index in [-0.39, 0.29) is 0 Å². The van der Waals surface area contributed by atoms with Gasteiger partial charge in [-0.2, -0.15) is 0 Å². The predicted molar refractivity (Wildman–Crippen MR) is 95.1 cm³/mol. The summed E-state index contributed by atoms with van der Waals surface area (Å²) in [6, 6.07) is 20.1. The lowest BCUT2D eigenvalue weighted by atomic mass is 9.99. The predicted octanol–water partition coefficient (Wildman–Crippen LogP) is 5.39. The zero-order valence-corrected chi connectivity index (χ0v) is 14.1. The SMILES string of the molecule is Cc1ccc(CCCCC(NI)c2ccccc2)cc1. The summed E-state index contributed by atoms with van der Waals surface area (Å²) >= 11 is 2.27. The molecule has 1 nitrogen and oxygen atoms in total. The smallest absolute Gasteiger partial charge is 0.0413 e. The van der Waals surface area contributed by atoms with Gasteiger partial charge in [0.15, 0.2) is 0 Å². The van der Waals surface area contributed by atoms with Crippen molar-refractivity contribution in [3.8, 4) is 0 Å². The van der Waals surface area contributed by atoms with E-state index in [4.69, 9.17) is 0 Å². The molecule has 20 heavy (non-hydrogen) atoms. The number of hydrogen-bond donors (Lipinski definition) is 1. The number of nitrogens with one attached hydrogen (secondary N) is 1. The Labute approximate surface area is 136 Å². The Morgan fingerprint density at radius 3 is 2.30 bits per heavy atom. The van der Waals surface area contributed by atoms with E-state index in [0.29, 0.717) is 6.04 Å². The number of unbranched alkanes of at least 4 members (excludes halogenated alkanes) is 1. The molecule has 0 radical (unpaired) electrons. The first-order valence-corrected chi connectivity index (χ1v) is 8.34. The molecular weight excluding hydrogens is 357 g/mol. The van der Waals surface area contributed by atoms with Crippen LogP contribution < -0.4 is 3.53 Å². The molecule has 0 heterocycles. The summed E-state index contributed by atoms with van der Waals surface area (Å²) in [5, 5.41) is 0. The first-order valence-electron chi connectivity index (χ1n) is 7.26. The molecule has 2 aromatic carbocycles. The Hall–Kier alpha value is -0.870. The highest BCUT2D eigenvalue weighted by Crippen LogP contribution is 2.21. The molecule has 2 aromatic rings. The molecule has 0 saturated heterocycles. The highest BCUT2D eigenvalue weighted by molar-refractivity contribution is 14.1. The maximum absolute atomic E-state index is 3.39. The zero-order valence-electron chi connectivity index (χ0n) is 12.0. The second kappa shape index (κ2) is 8.42. The van der Waals surface area contributed by atoms with Gasteiger partial charge in [-0.15, -0.1) is 0 Å². The van der Waals surface area contributed by atoms with Crippen LogP contribution in [0.1, 0.15) is 42.0 Å². The van der Waals surface area contributed by atoms with Crippen molar-refractivity contribution in [1.29, 1.82) is 0 Å². The number of hydrogen-bond acceptors (Lipinski definition) is 1. The third-order valence-corrected chi connectivity index (χ3v) is 4.41. The molecule has 0 saturated carbocycles. The van der Waals surface area contributed by atoms with E-state index in [1.165, 1.54) is 42.4 Å². The van der Waals surface area contributed by atoms with E-state index < -0.39 is 0 Å². The summed E-state index contributed by atoms with van der Waals surface area (Å²) in [7, 11) is 0. The standard InChI is InChI=1S/C18H22IN/c1-15-11-13-16(14-12-15)7-5-6-10-18(20-19)17-8-3-2-4-9-17/h2-4,8-9,11-14,18,20H,5-7,10H2,1H3. The van der Waals surface area contributed by atoms with Gasteiger partial charge in [0.2, 0.25) is 0 Å². The highest BCUT2D eigenvalue weighted by Gasteiger charge is 2.08. The molecule has 2 heteroatoms. The fraction of sp³-hybridized carbons (Fsp3) is 0.333. The third kappa shape index (κ3) is 4.91. The van der Waals surface area contributed by atoms with Crippen LogP contribution in [-0.2, 0) is 6.42 Å². The molecular formula is C18H22IN. The fourth-order valence-corrected chi connectivity index (χ4v) is 3.07. The first-order chi connectivity index (χ1) is 9.79. The van der Waals surface area contributed by atoms with Crippen LogP contribution in [0.25, 0.3) is 0 Å².